The highest BCUT2D eigenvalue weighted by molar-refractivity contribution is 5.59. The van der Waals surface area contributed by atoms with Crippen LogP contribution in [0.5, 0.6) is 0 Å². The molecule has 3 heteroatoms. The number of rotatable bonds is 3. The molecule has 0 bridgehead atoms. The summed E-state index contributed by atoms with van der Waals surface area (Å²) in [5.74, 6) is 0.760. The summed E-state index contributed by atoms with van der Waals surface area (Å²) in [6.45, 7) is 8.69. The number of nitrogens with zero attached hydrogens (tertiary/aromatic N) is 2. The van der Waals surface area contributed by atoms with E-state index in [4.69, 9.17) is 4.74 Å². The number of hydrogen-bond acceptors (Lipinski definition) is 3. The van der Waals surface area contributed by atoms with Gasteiger partial charge in [0.2, 0.25) is 0 Å². The van der Waals surface area contributed by atoms with Crippen LogP contribution in [0, 0.1) is 0 Å². The number of benzene rings is 1. The van der Waals surface area contributed by atoms with E-state index in [1.807, 2.05) is 0 Å². The van der Waals surface area contributed by atoms with Gasteiger partial charge in [0.1, 0.15) is 5.76 Å². The number of hydrogen-bond donors (Lipinski definition) is 0. The minimum absolute atomic E-state index is 0.614. The Labute approximate surface area is 121 Å². The van der Waals surface area contributed by atoms with Crippen LogP contribution in [0.2, 0.25) is 0 Å². The number of ether oxygens (including phenoxy) is 1. The smallest absolute Gasteiger partial charge is 0.118 e. The first-order valence-corrected chi connectivity index (χ1v) is 7.47. The zero-order chi connectivity index (χ0) is 14.1. The van der Waals surface area contributed by atoms with Crippen molar-refractivity contribution in [3.05, 3.63) is 41.5 Å². The number of aryl methyl sites for hydroxylation is 1. The van der Waals surface area contributed by atoms with Gasteiger partial charge in [-0.15, -0.1) is 0 Å². The molecule has 20 heavy (non-hydrogen) atoms. The van der Waals surface area contributed by atoms with E-state index in [9.17, 15) is 0 Å². The predicted octanol–water partition coefficient (Wildman–Crippen LogP) is 2.54. The van der Waals surface area contributed by atoms with E-state index in [1.165, 1.54) is 50.1 Å². The van der Waals surface area contributed by atoms with Gasteiger partial charge >= 0.3 is 0 Å². The van der Waals surface area contributed by atoms with Crippen molar-refractivity contribution in [2.45, 2.75) is 18.9 Å². The molecule has 0 aromatic heterocycles. The molecule has 0 N–H and O–H groups in total. The summed E-state index contributed by atoms with van der Waals surface area (Å²) < 4.78 is 5.24. The number of fused-ring (bicyclic) bond motifs is 1. The minimum Gasteiger partial charge on any atom is -0.497 e. The Morgan fingerprint density at radius 3 is 2.70 bits per heavy atom. The molecule has 1 aliphatic heterocycles. The summed E-state index contributed by atoms with van der Waals surface area (Å²) in [6.07, 6.45) is 2.43. The molecule has 3 nitrogen and oxygen atoms in total. The summed E-state index contributed by atoms with van der Waals surface area (Å²) in [4.78, 5) is 5.06. The van der Waals surface area contributed by atoms with Gasteiger partial charge in [0, 0.05) is 37.8 Å². The second-order valence-corrected chi connectivity index (χ2v) is 5.93. The molecule has 1 saturated heterocycles. The lowest BCUT2D eigenvalue weighted by molar-refractivity contribution is 0.111. The zero-order valence-corrected chi connectivity index (χ0v) is 12.6. The average Bonchev–Trinajstić information content (AvgIpc) is 2.90. The Morgan fingerprint density at radius 1 is 1.25 bits per heavy atom. The number of likely N-dealkylation sites (N-methyl/N-ethyl adjacent to an activating group) is 1. The topological polar surface area (TPSA) is 15.7 Å². The molecule has 0 amide bonds. The fourth-order valence-corrected chi connectivity index (χ4v) is 3.40. The maximum atomic E-state index is 5.24. The van der Waals surface area contributed by atoms with E-state index < -0.39 is 0 Å². The maximum Gasteiger partial charge on any atom is 0.118 e. The molecular formula is C17H24N2O. The van der Waals surface area contributed by atoms with Crippen LogP contribution in [0.4, 0.5) is 0 Å². The van der Waals surface area contributed by atoms with Crippen LogP contribution in [0.15, 0.2) is 24.8 Å². The first-order chi connectivity index (χ1) is 9.69. The van der Waals surface area contributed by atoms with Gasteiger partial charge in [0.05, 0.1) is 7.11 Å². The van der Waals surface area contributed by atoms with Crippen molar-refractivity contribution >= 4 is 5.76 Å². The van der Waals surface area contributed by atoms with Gasteiger partial charge in [0.15, 0.2) is 0 Å². The van der Waals surface area contributed by atoms with E-state index in [0.29, 0.717) is 6.04 Å². The van der Waals surface area contributed by atoms with Gasteiger partial charge in [-0.2, -0.15) is 0 Å². The second-order valence-electron chi connectivity index (χ2n) is 5.93. The monoisotopic (exact) mass is 272 g/mol. The van der Waals surface area contributed by atoms with Crippen LogP contribution >= 0.6 is 0 Å². The first-order valence-electron chi connectivity index (χ1n) is 7.47. The Hall–Kier alpha value is -1.32. The van der Waals surface area contributed by atoms with Gasteiger partial charge < -0.3 is 9.64 Å². The van der Waals surface area contributed by atoms with Crippen molar-refractivity contribution in [2.24, 2.45) is 0 Å². The predicted molar refractivity (Wildman–Crippen MR) is 82.6 cm³/mol. The Bertz CT molecular complexity index is 504. The van der Waals surface area contributed by atoms with Crippen LogP contribution < -0.4 is 0 Å². The van der Waals surface area contributed by atoms with Gasteiger partial charge in [-0.05, 0) is 37.1 Å². The lowest BCUT2D eigenvalue weighted by Crippen LogP contribution is -2.45. The Kier molecular flexibility index (Phi) is 3.81. The zero-order valence-electron chi connectivity index (χ0n) is 12.6. The van der Waals surface area contributed by atoms with Crippen molar-refractivity contribution in [1.29, 1.82) is 0 Å². The summed E-state index contributed by atoms with van der Waals surface area (Å²) in [5.41, 5.74) is 4.11. The summed E-state index contributed by atoms with van der Waals surface area (Å²) >= 11 is 0. The first kappa shape index (κ1) is 13.7. The molecule has 0 saturated carbocycles. The normalized spacial score (nSPS) is 23.6. The molecule has 0 spiro atoms. The van der Waals surface area contributed by atoms with Gasteiger partial charge in [0.25, 0.3) is 0 Å². The van der Waals surface area contributed by atoms with Gasteiger partial charge in [-0.1, -0.05) is 18.7 Å². The van der Waals surface area contributed by atoms with Gasteiger partial charge in [-0.3, -0.25) is 4.90 Å². The molecule has 2 aliphatic rings. The Morgan fingerprint density at radius 2 is 2.00 bits per heavy atom. The van der Waals surface area contributed by atoms with Crippen LogP contribution in [0.1, 0.15) is 29.2 Å². The molecule has 1 aromatic carbocycles. The highest BCUT2D eigenvalue weighted by Gasteiger charge is 2.29. The van der Waals surface area contributed by atoms with Crippen molar-refractivity contribution in [3.8, 4) is 0 Å². The molecule has 1 atom stereocenters. The van der Waals surface area contributed by atoms with E-state index in [0.717, 1.165) is 11.3 Å². The minimum atomic E-state index is 0.614. The van der Waals surface area contributed by atoms with Crippen molar-refractivity contribution in [3.63, 3.8) is 0 Å². The maximum absolute atomic E-state index is 5.24. The van der Waals surface area contributed by atoms with Crippen LogP contribution in [0.25, 0.3) is 5.76 Å². The molecule has 1 aliphatic carbocycles. The SMILES string of the molecule is C=C(OC)c1ccc2c(c1)CCC2N1CCN(C)CC1. The fraction of sp³-hybridized carbons (Fsp3) is 0.529. The number of methoxy groups -OCH3 is 1. The van der Waals surface area contributed by atoms with Crippen molar-refractivity contribution < 1.29 is 4.74 Å². The highest BCUT2D eigenvalue weighted by atomic mass is 16.5. The summed E-state index contributed by atoms with van der Waals surface area (Å²) in [5, 5.41) is 0. The van der Waals surface area contributed by atoms with E-state index in [1.54, 1.807) is 7.11 Å². The third-order valence-electron chi connectivity index (χ3n) is 4.74. The average molecular weight is 272 g/mol. The molecule has 3 rings (SSSR count). The van der Waals surface area contributed by atoms with E-state index >= 15 is 0 Å². The van der Waals surface area contributed by atoms with Crippen molar-refractivity contribution in [2.75, 3.05) is 40.3 Å². The third kappa shape index (κ3) is 2.48. The molecule has 1 heterocycles. The van der Waals surface area contributed by atoms with Gasteiger partial charge in [-0.25, -0.2) is 0 Å². The molecule has 1 aromatic rings. The van der Waals surface area contributed by atoms with Crippen LogP contribution in [-0.2, 0) is 11.2 Å². The van der Waals surface area contributed by atoms with E-state index in [-0.39, 0.29) is 0 Å². The molecule has 1 unspecified atom stereocenters. The Balaban J connectivity index is 1.78. The fourth-order valence-electron chi connectivity index (χ4n) is 3.40. The summed E-state index contributed by atoms with van der Waals surface area (Å²) in [7, 11) is 3.89. The summed E-state index contributed by atoms with van der Waals surface area (Å²) in [6, 6.07) is 7.31. The standard InChI is InChI=1S/C17H24N2O/c1-13(20-3)14-4-6-16-15(12-14)5-7-17(16)19-10-8-18(2)9-11-19/h4,6,12,17H,1,5,7-11H2,2-3H3. The third-order valence-corrected chi connectivity index (χ3v) is 4.74. The lowest BCUT2D eigenvalue weighted by atomic mass is 10.0. The quantitative estimate of drug-likeness (QED) is 0.787. The molecular weight excluding hydrogens is 248 g/mol. The van der Waals surface area contributed by atoms with E-state index in [2.05, 4.69) is 41.6 Å². The van der Waals surface area contributed by atoms with Crippen LogP contribution in [-0.4, -0.2) is 50.1 Å². The second kappa shape index (κ2) is 5.58. The molecule has 108 valence electrons. The highest BCUT2D eigenvalue weighted by Crippen LogP contribution is 2.37. The molecule has 1 fully saturated rings. The molecule has 0 radical (unpaired) electrons. The largest absolute Gasteiger partial charge is 0.497 e. The number of piperazine rings is 1. The van der Waals surface area contributed by atoms with Crippen molar-refractivity contribution in [1.82, 2.24) is 9.80 Å². The van der Waals surface area contributed by atoms with Crippen LogP contribution in [0.3, 0.4) is 0 Å². The lowest BCUT2D eigenvalue weighted by Gasteiger charge is -2.36.